The van der Waals surface area contributed by atoms with E-state index in [-0.39, 0.29) is 5.88 Å². The Morgan fingerprint density at radius 1 is 1.29 bits per heavy atom. The molecule has 0 radical (unpaired) electrons. The fourth-order valence-electron chi connectivity index (χ4n) is 1.58. The summed E-state index contributed by atoms with van der Waals surface area (Å²) < 4.78 is 5.50. The molecule has 0 aliphatic rings. The SMILES string of the molecule is O=CCCCOc1ccc2ccc(O)[nH+]c2c1. The molecule has 0 aliphatic heterocycles. The minimum absolute atomic E-state index is 0.121. The lowest BCUT2D eigenvalue weighted by Crippen LogP contribution is -2.04. The summed E-state index contributed by atoms with van der Waals surface area (Å²) in [6.07, 6.45) is 2.11. The number of carbonyl (C=O) groups excluding carboxylic acids is 1. The summed E-state index contributed by atoms with van der Waals surface area (Å²) >= 11 is 0. The number of aromatic hydroxyl groups is 1. The molecule has 1 aromatic carbocycles. The number of carbonyl (C=O) groups is 1. The molecule has 0 bridgehead atoms. The van der Waals surface area contributed by atoms with Crippen LogP contribution in [0.1, 0.15) is 12.8 Å². The van der Waals surface area contributed by atoms with E-state index in [1.54, 1.807) is 6.07 Å². The van der Waals surface area contributed by atoms with Crippen LogP contribution in [0.15, 0.2) is 30.3 Å². The number of benzene rings is 1. The largest absolute Gasteiger partial charge is 0.493 e. The van der Waals surface area contributed by atoms with Crippen molar-refractivity contribution in [1.82, 2.24) is 0 Å². The molecular formula is C13H14NO3+. The number of aromatic nitrogens is 1. The van der Waals surface area contributed by atoms with E-state index in [4.69, 9.17) is 4.74 Å². The minimum Gasteiger partial charge on any atom is -0.493 e. The number of hydrogen-bond acceptors (Lipinski definition) is 3. The van der Waals surface area contributed by atoms with E-state index < -0.39 is 0 Å². The molecule has 88 valence electrons. The Morgan fingerprint density at radius 3 is 2.94 bits per heavy atom. The highest BCUT2D eigenvalue weighted by atomic mass is 16.5. The van der Waals surface area contributed by atoms with Gasteiger partial charge in [-0.2, -0.15) is 4.98 Å². The number of ether oxygens (including phenoxy) is 1. The Morgan fingerprint density at radius 2 is 2.12 bits per heavy atom. The molecule has 2 rings (SSSR count). The monoisotopic (exact) mass is 232 g/mol. The van der Waals surface area contributed by atoms with Crippen molar-refractivity contribution >= 4 is 17.2 Å². The van der Waals surface area contributed by atoms with Crippen LogP contribution in [-0.4, -0.2) is 18.0 Å². The average molecular weight is 232 g/mol. The first kappa shape index (κ1) is 11.4. The van der Waals surface area contributed by atoms with Crippen molar-refractivity contribution in [3.8, 4) is 11.6 Å². The van der Waals surface area contributed by atoms with E-state index in [9.17, 15) is 9.90 Å². The molecular weight excluding hydrogens is 218 g/mol. The van der Waals surface area contributed by atoms with E-state index in [1.807, 2.05) is 24.3 Å². The zero-order chi connectivity index (χ0) is 12.1. The van der Waals surface area contributed by atoms with Crippen molar-refractivity contribution < 1.29 is 19.6 Å². The van der Waals surface area contributed by atoms with Crippen LogP contribution in [0.3, 0.4) is 0 Å². The number of rotatable bonds is 5. The topological polar surface area (TPSA) is 60.7 Å². The van der Waals surface area contributed by atoms with Crippen LogP contribution < -0.4 is 9.72 Å². The Bertz CT molecular complexity index is 525. The van der Waals surface area contributed by atoms with Crippen molar-refractivity contribution in [3.63, 3.8) is 0 Å². The zero-order valence-corrected chi connectivity index (χ0v) is 9.35. The lowest BCUT2D eigenvalue weighted by atomic mass is 10.2. The van der Waals surface area contributed by atoms with Gasteiger partial charge in [0.05, 0.1) is 18.7 Å². The highest BCUT2D eigenvalue weighted by Crippen LogP contribution is 2.18. The third-order valence-electron chi connectivity index (χ3n) is 2.44. The predicted octanol–water partition coefficient (Wildman–Crippen LogP) is 1.72. The van der Waals surface area contributed by atoms with Crippen LogP contribution in [0, 0.1) is 0 Å². The second-order valence-corrected chi connectivity index (χ2v) is 3.75. The predicted molar refractivity (Wildman–Crippen MR) is 63.0 cm³/mol. The van der Waals surface area contributed by atoms with Gasteiger partial charge in [-0.1, -0.05) is 0 Å². The Balaban J connectivity index is 2.10. The first-order valence-electron chi connectivity index (χ1n) is 5.51. The van der Waals surface area contributed by atoms with Gasteiger partial charge < -0.3 is 14.6 Å². The minimum atomic E-state index is 0.121. The van der Waals surface area contributed by atoms with Gasteiger partial charge in [0, 0.05) is 11.8 Å². The van der Waals surface area contributed by atoms with E-state index in [0.717, 1.165) is 22.9 Å². The number of hydrogen-bond donors (Lipinski definition) is 1. The number of aromatic amines is 1. The van der Waals surface area contributed by atoms with E-state index in [0.29, 0.717) is 19.4 Å². The molecule has 0 spiro atoms. The normalized spacial score (nSPS) is 10.4. The van der Waals surface area contributed by atoms with Crippen molar-refractivity contribution in [2.75, 3.05) is 6.61 Å². The summed E-state index contributed by atoms with van der Waals surface area (Å²) in [5.74, 6) is 0.848. The van der Waals surface area contributed by atoms with Gasteiger partial charge in [-0.3, -0.25) is 0 Å². The van der Waals surface area contributed by atoms with Gasteiger partial charge in [-0.05, 0) is 24.6 Å². The summed E-state index contributed by atoms with van der Waals surface area (Å²) in [4.78, 5) is 13.0. The summed E-state index contributed by atoms with van der Waals surface area (Å²) in [7, 11) is 0. The molecule has 0 fully saturated rings. The van der Waals surface area contributed by atoms with E-state index in [1.165, 1.54) is 0 Å². The van der Waals surface area contributed by atoms with E-state index >= 15 is 0 Å². The van der Waals surface area contributed by atoms with Gasteiger partial charge in [-0.25, -0.2) is 0 Å². The van der Waals surface area contributed by atoms with Crippen molar-refractivity contribution in [1.29, 1.82) is 0 Å². The number of pyridine rings is 1. The molecule has 1 heterocycles. The van der Waals surface area contributed by atoms with Crippen LogP contribution in [0.2, 0.25) is 0 Å². The molecule has 4 nitrogen and oxygen atoms in total. The molecule has 2 aromatic rings. The average Bonchev–Trinajstić information content (AvgIpc) is 2.34. The van der Waals surface area contributed by atoms with Gasteiger partial charge in [0.15, 0.2) is 0 Å². The summed E-state index contributed by atoms with van der Waals surface area (Å²) in [5, 5.41) is 10.3. The van der Waals surface area contributed by atoms with Gasteiger partial charge in [0.1, 0.15) is 12.0 Å². The number of nitrogens with one attached hydrogen (secondary N) is 1. The lowest BCUT2D eigenvalue weighted by molar-refractivity contribution is -0.362. The molecule has 4 heteroatoms. The fraction of sp³-hybridized carbons (Fsp3) is 0.231. The summed E-state index contributed by atoms with van der Waals surface area (Å²) in [5.41, 5.74) is 0.817. The first-order chi connectivity index (χ1) is 8.29. The standard InChI is InChI=1S/C13H13NO3/c15-7-1-2-8-17-11-5-3-10-4-6-13(16)14-12(10)9-11/h3-7,9H,1-2,8H2,(H,14,16)/p+1. The molecule has 0 atom stereocenters. The third-order valence-corrected chi connectivity index (χ3v) is 2.44. The molecule has 0 unspecified atom stereocenters. The van der Waals surface area contributed by atoms with Crippen LogP contribution >= 0.6 is 0 Å². The molecule has 0 saturated heterocycles. The second-order valence-electron chi connectivity index (χ2n) is 3.75. The molecule has 0 amide bonds. The highest BCUT2D eigenvalue weighted by molar-refractivity contribution is 5.77. The van der Waals surface area contributed by atoms with E-state index in [2.05, 4.69) is 4.98 Å². The fourth-order valence-corrected chi connectivity index (χ4v) is 1.58. The maximum atomic E-state index is 10.1. The van der Waals surface area contributed by atoms with Gasteiger partial charge >= 0.3 is 5.88 Å². The quantitative estimate of drug-likeness (QED) is 0.630. The van der Waals surface area contributed by atoms with Crippen LogP contribution in [0.25, 0.3) is 10.9 Å². The molecule has 0 aliphatic carbocycles. The van der Waals surface area contributed by atoms with Crippen molar-refractivity contribution in [2.45, 2.75) is 12.8 Å². The Hall–Kier alpha value is -2.10. The first-order valence-corrected chi connectivity index (χ1v) is 5.51. The summed E-state index contributed by atoms with van der Waals surface area (Å²) in [6, 6.07) is 9.05. The number of aldehydes is 1. The molecule has 0 saturated carbocycles. The maximum Gasteiger partial charge on any atom is 0.364 e. The Labute approximate surface area is 98.9 Å². The van der Waals surface area contributed by atoms with Crippen LogP contribution in [0.4, 0.5) is 0 Å². The molecule has 2 N–H and O–H groups in total. The highest BCUT2D eigenvalue weighted by Gasteiger charge is 2.05. The van der Waals surface area contributed by atoms with Crippen molar-refractivity contribution in [3.05, 3.63) is 30.3 Å². The van der Waals surface area contributed by atoms with Crippen molar-refractivity contribution in [2.24, 2.45) is 0 Å². The summed E-state index contributed by atoms with van der Waals surface area (Å²) in [6.45, 7) is 0.517. The second kappa shape index (κ2) is 5.30. The maximum absolute atomic E-state index is 10.1. The number of fused-ring (bicyclic) bond motifs is 1. The number of H-pyrrole nitrogens is 1. The van der Waals surface area contributed by atoms with Gasteiger partial charge in [0.2, 0.25) is 5.52 Å². The van der Waals surface area contributed by atoms with Crippen LogP contribution in [-0.2, 0) is 4.79 Å². The van der Waals surface area contributed by atoms with Crippen LogP contribution in [0.5, 0.6) is 11.6 Å². The third kappa shape index (κ3) is 2.93. The van der Waals surface area contributed by atoms with Gasteiger partial charge in [0.25, 0.3) is 0 Å². The smallest absolute Gasteiger partial charge is 0.364 e. The zero-order valence-electron chi connectivity index (χ0n) is 9.35. The Kier molecular flexibility index (Phi) is 3.55. The van der Waals surface area contributed by atoms with Gasteiger partial charge in [-0.15, -0.1) is 0 Å². The lowest BCUT2D eigenvalue weighted by Gasteiger charge is -2.04. The number of unbranched alkanes of at least 4 members (excludes halogenated alkanes) is 1. The molecule has 17 heavy (non-hydrogen) atoms. The molecule has 1 aromatic heterocycles.